The van der Waals surface area contributed by atoms with Crippen LogP contribution in [0.1, 0.15) is 106 Å². The highest BCUT2D eigenvalue weighted by molar-refractivity contribution is 5.91. The molecule has 6 atom stereocenters. The van der Waals surface area contributed by atoms with E-state index < -0.39 is 17.8 Å². The first-order valence-corrected chi connectivity index (χ1v) is 13.4. The van der Waals surface area contributed by atoms with E-state index >= 15 is 0 Å². The Balaban J connectivity index is 1.75. The van der Waals surface area contributed by atoms with Gasteiger partial charge in [0.2, 0.25) is 0 Å². The van der Waals surface area contributed by atoms with Crippen LogP contribution in [-0.4, -0.2) is 22.6 Å². The van der Waals surface area contributed by atoms with Gasteiger partial charge in [0.25, 0.3) is 0 Å². The molecular weight excluding hydrogens is 424 g/mol. The highest BCUT2D eigenvalue weighted by atomic mass is 16.4. The fourth-order valence-corrected chi connectivity index (χ4v) is 9.01. The zero-order chi connectivity index (χ0) is 25.3. The maximum absolute atomic E-state index is 13.6. The fourth-order valence-electron chi connectivity index (χ4n) is 9.01. The summed E-state index contributed by atoms with van der Waals surface area (Å²) in [5, 5.41) is 10.2. The Morgan fingerprint density at radius 3 is 2.32 bits per heavy atom. The first-order chi connectivity index (χ1) is 15.7. The second kappa shape index (κ2) is 8.17. The molecule has 0 heterocycles. The monoisotopic (exact) mass is 468 g/mol. The van der Waals surface area contributed by atoms with Gasteiger partial charge in [-0.1, -0.05) is 57.4 Å². The number of carbonyl (C=O) groups excluding carboxylic acids is 2. The predicted octanol–water partition coefficient (Wildman–Crippen LogP) is 6.93. The number of hydrogen-bond acceptors (Lipinski definition) is 3. The molecule has 0 spiro atoms. The molecule has 188 valence electrons. The molecule has 0 saturated heterocycles. The van der Waals surface area contributed by atoms with Crippen molar-refractivity contribution in [3.8, 4) is 0 Å². The summed E-state index contributed by atoms with van der Waals surface area (Å²) in [6.07, 6.45) is 9.04. The molecule has 0 bridgehead atoms. The molecule has 2 fully saturated rings. The standard InChI is InChI=1S/C30H44O4/c1-18(2)9-8-10-19(26(33)34)25-22(31)17-30(7)21-11-12-23-27(3,4)24(32)14-15-28(23,5)20(21)13-16-29(25,30)6/h9,19,23,25H,8,10-17H2,1-7H3,(H,33,34). The van der Waals surface area contributed by atoms with E-state index in [2.05, 4.69) is 40.7 Å². The van der Waals surface area contributed by atoms with E-state index in [-0.39, 0.29) is 27.4 Å². The van der Waals surface area contributed by atoms with Gasteiger partial charge in [0.05, 0.1) is 5.92 Å². The van der Waals surface area contributed by atoms with Crippen molar-refractivity contribution in [2.45, 2.75) is 106 Å². The lowest BCUT2D eigenvalue weighted by atomic mass is 9.43. The first-order valence-electron chi connectivity index (χ1n) is 13.4. The van der Waals surface area contributed by atoms with Crippen molar-refractivity contribution in [2.75, 3.05) is 0 Å². The molecule has 0 aromatic carbocycles. The summed E-state index contributed by atoms with van der Waals surface area (Å²) in [5.74, 6) is -0.997. The summed E-state index contributed by atoms with van der Waals surface area (Å²) >= 11 is 0. The van der Waals surface area contributed by atoms with E-state index in [9.17, 15) is 19.5 Å². The van der Waals surface area contributed by atoms with Crippen LogP contribution in [0, 0.1) is 39.4 Å². The van der Waals surface area contributed by atoms with Crippen LogP contribution in [0.5, 0.6) is 0 Å². The number of ketones is 2. The Morgan fingerprint density at radius 2 is 1.71 bits per heavy atom. The first kappa shape index (κ1) is 25.4. The van der Waals surface area contributed by atoms with Gasteiger partial charge in [0.15, 0.2) is 0 Å². The topological polar surface area (TPSA) is 71.4 Å². The number of rotatable bonds is 5. The average molecular weight is 469 g/mol. The second-order valence-corrected chi connectivity index (χ2v) is 13.3. The number of aliphatic carboxylic acids is 1. The number of allylic oxidation sites excluding steroid dienone is 4. The Kier molecular flexibility index (Phi) is 6.10. The van der Waals surface area contributed by atoms with E-state index in [0.29, 0.717) is 37.4 Å². The molecule has 4 aliphatic carbocycles. The number of hydrogen-bond donors (Lipinski definition) is 1. The molecule has 4 rings (SSSR count). The summed E-state index contributed by atoms with van der Waals surface area (Å²) in [5.41, 5.74) is 3.21. The van der Waals surface area contributed by atoms with Crippen LogP contribution in [0.25, 0.3) is 0 Å². The molecule has 0 aromatic heterocycles. The SMILES string of the molecule is CC(C)=CCCC(C(=O)O)C1C(=O)CC2(C)C3=C(CCC12C)C1(C)CCC(=O)C(C)(C)C1CC3. The summed E-state index contributed by atoms with van der Waals surface area (Å²) in [4.78, 5) is 38.9. The minimum Gasteiger partial charge on any atom is -0.481 e. The van der Waals surface area contributed by atoms with Crippen LogP contribution in [0.4, 0.5) is 0 Å². The average Bonchev–Trinajstić information content (AvgIpc) is 2.94. The third-order valence-corrected chi connectivity index (χ3v) is 11.1. The van der Waals surface area contributed by atoms with Crippen LogP contribution < -0.4 is 0 Å². The summed E-state index contributed by atoms with van der Waals surface area (Å²) in [7, 11) is 0. The molecule has 0 radical (unpaired) electrons. The lowest BCUT2D eigenvalue weighted by Gasteiger charge is -2.60. The molecule has 1 N–H and O–H groups in total. The normalized spacial score (nSPS) is 39.7. The van der Waals surface area contributed by atoms with Gasteiger partial charge in [-0.05, 0) is 75.5 Å². The number of carbonyl (C=O) groups is 3. The Morgan fingerprint density at radius 1 is 1.03 bits per heavy atom. The largest absolute Gasteiger partial charge is 0.481 e. The molecule has 4 heteroatoms. The van der Waals surface area contributed by atoms with Crippen molar-refractivity contribution in [1.82, 2.24) is 0 Å². The number of fused-ring (bicyclic) bond motifs is 4. The van der Waals surface area contributed by atoms with Gasteiger partial charge < -0.3 is 5.11 Å². The Bertz CT molecular complexity index is 980. The van der Waals surface area contributed by atoms with E-state index in [0.717, 1.165) is 32.1 Å². The van der Waals surface area contributed by atoms with Crippen molar-refractivity contribution >= 4 is 17.5 Å². The molecule has 2 saturated carbocycles. The van der Waals surface area contributed by atoms with Gasteiger partial charge in [0, 0.05) is 29.6 Å². The summed E-state index contributed by atoms with van der Waals surface area (Å²) < 4.78 is 0. The van der Waals surface area contributed by atoms with E-state index in [1.54, 1.807) is 0 Å². The zero-order valence-electron chi connectivity index (χ0n) is 22.3. The molecule has 6 unspecified atom stereocenters. The van der Waals surface area contributed by atoms with Gasteiger partial charge in [-0.15, -0.1) is 0 Å². The van der Waals surface area contributed by atoms with Crippen molar-refractivity contribution in [1.29, 1.82) is 0 Å². The lowest BCUT2D eigenvalue weighted by molar-refractivity contribution is -0.149. The zero-order valence-corrected chi connectivity index (χ0v) is 22.3. The van der Waals surface area contributed by atoms with Crippen molar-refractivity contribution < 1.29 is 19.5 Å². The van der Waals surface area contributed by atoms with Crippen LogP contribution in [0.15, 0.2) is 22.8 Å². The highest BCUT2D eigenvalue weighted by Gasteiger charge is 2.66. The maximum Gasteiger partial charge on any atom is 0.307 e. The molecule has 0 aromatic rings. The number of carboxylic acids is 1. The smallest absolute Gasteiger partial charge is 0.307 e. The molecule has 34 heavy (non-hydrogen) atoms. The molecular formula is C30H44O4. The fraction of sp³-hybridized carbons (Fsp3) is 0.767. The third kappa shape index (κ3) is 3.41. The van der Waals surface area contributed by atoms with Gasteiger partial charge in [-0.3, -0.25) is 14.4 Å². The van der Waals surface area contributed by atoms with Gasteiger partial charge >= 0.3 is 5.97 Å². The second-order valence-electron chi connectivity index (χ2n) is 13.3. The van der Waals surface area contributed by atoms with Gasteiger partial charge in [0.1, 0.15) is 11.6 Å². The third-order valence-electron chi connectivity index (χ3n) is 11.1. The van der Waals surface area contributed by atoms with Crippen molar-refractivity contribution in [3.05, 3.63) is 22.8 Å². The minimum atomic E-state index is -0.825. The Labute approximate surface area is 205 Å². The molecule has 0 amide bonds. The van der Waals surface area contributed by atoms with Crippen molar-refractivity contribution in [3.63, 3.8) is 0 Å². The molecule has 4 aliphatic rings. The van der Waals surface area contributed by atoms with Gasteiger partial charge in [-0.25, -0.2) is 0 Å². The molecule has 4 nitrogen and oxygen atoms in total. The summed E-state index contributed by atoms with van der Waals surface area (Å²) in [6.45, 7) is 15.2. The minimum absolute atomic E-state index is 0.00607. The summed E-state index contributed by atoms with van der Waals surface area (Å²) in [6, 6.07) is 0. The number of carboxylic acid groups (broad SMARTS) is 1. The van der Waals surface area contributed by atoms with Crippen LogP contribution in [-0.2, 0) is 14.4 Å². The highest BCUT2D eigenvalue weighted by Crippen LogP contribution is 2.71. The quantitative estimate of drug-likeness (QED) is 0.444. The van der Waals surface area contributed by atoms with Crippen LogP contribution in [0.2, 0.25) is 0 Å². The van der Waals surface area contributed by atoms with Gasteiger partial charge in [-0.2, -0.15) is 0 Å². The molecule has 0 aliphatic heterocycles. The van der Waals surface area contributed by atoms with E-state index in [1.165, 1.54) is 16.7 Å². The van der Waals surface area contributed by atoms with E-state index in [1.807, 2.05) is 13.8 Å². The maximum atomic E-state index is 13.6. The van der Waals surface area contributed by atoms with Crippen LogP contribution >= 0.6 is 0 Å². The predicted molar refractivity (Wildman–Crippen MR) is 134 cm³/mol. The lowest BCUT2D eigenvalue weighted by Crippen LogP contribution is -2.54. The van der Waals surface area contributed by atoms with E-state index in [4.69, 9.17) is 0 Å². The number of Topliss-reactive ketones (excluding diaryl/α,β-unsaturated/α-hetero) is 2. The Hall–Kier alpha value is -1.71. The van der Waals surface area contributed by atoms with Crippen molar-refractivity contribution in [2.24, 2.45) is 39.4 Å². The van der Waals surface area contributed by atoms with Crippen LogP contribution in [0.3, 0.4) is 0 Å².